The number of nitrogens with zero attached hydrogens (tertiary/aromatic N) is 3. The second-order valence-electron chi connectivity index (χ2n) is 9.45. The van der Waals surface area contributed by atoms with Crippen molar-refractivity contribution in [3.8, 4) is 5.75 Å². The molecular formula is C31H25N3O8S. The molecule has 0 saturated carbocycles. The van der Waals surface area contributed by atoms with Gasteiger partial charge in [0.05, 0.1) is 28.8 Å². The summed E-state index contributed by atoms with van der Waals surface area (Å²) in [6.07, 6.45) is 0. The van der Waals surface area contributed by atoms with E-state index in [2.05, 4.69) is 4.98 Å². The minimum absolute atomic E-state index is 0.00266. The number of nitro groups is 1. The van der Waals surface area contributed by atoms with E-state index in [0.717, 1.165) is 21.8 Å². The third-order valence-corrected chi connectivity index (χ3v) is 7.81. The number of hydrogen-bond acceptors (Lipinski definition) is 10. The fraction of sp³-hybridized carbons (Fsp3) is 0.161. The molecule has 4 aromatic rings. The van der Waals surface area contributed by atoms with Crippen molar-refractivity contribution in [1.82, 2.24) is 4.98 Å². The summed E-state index contributed by atoms with van der Waals surface area (Å²) in [6, 6.07) is 20.0. The largest absolute Gasteiger partial charge is 0.507 e. The average Bonchev–Trinajstić information content (AvgIpc) is 3.52. The van der Waals surface area contributed by atoms with Crippen LogP contribution in [-0.2, 0) is 20.9 Å². The molecule has 0 spiro atoms. The van der Waals surface area contributed by atoms with Crippen molar-refractivity contribution < 1.29 is 33.9 Å². The van der Waals surface area contributed by atoms with Crippen molar-refractivity contribution in [2.45, 2.75) is 26.5 Å². The van der Waals surface area contributed by atoms with Crippen molar-refractivity contribution in [1.29, 1.82) is 0 Å². The number of amides is 1. The Hall–Kier alpha value is -5.36. The number of carbonyl (C=O) groups is 3. The number of aliphatic hydroxyl groups excluding tert-OH is 1. The number of esters is 1. The molecule has 1 aliphatic heterocycles. The first-order chi connectivity index (χ1) is 20.7. The number of aliphatic hydroxyl groups is 1. The number of carbonyl (C=O) groups excluding carboxylic acids is 3. The minimum Gasteiger partial charge on any atom is -0.507 e. The van der Waals surface area contributed by atoms with Crippen LogP contribution in [0, 0.1) is 17.0 Å². The molecule has 1 unspecified atom stereocenters. The third-order valence-electron chi connectivity index (χ3n) is 6.67. The SMILES string of the molecule is CCOC(=O)c1sc(N2C(=O)C(=O)/C(=C(/O)c3ccc(OCc4ccccc4)cc3)C2c2cccc([N+](=O)[O-])c2)nc1C. The van der Waals surface area contributed by atoms with Gasteiger partial charge in [-0.15, -0.1) is 0 Å². The summed E-state index contributed by atoms with van der Waals surface area (Å²) in [6.45, 7) is 3.66. The summed E-state index contributed by atoms with van der Waals surface area (Å²) in [7, 11) is 0. The molecule has 1 N–H and O–H groups in total. The van der Waals surface area contributed by atoms with Crippen LogP contribution in [0.3, 0.4) is 0 Å². The molecule has 0 radical (unpaired) electrons. The van der Waals surface area contributed by atoms with Gasteiger partial charge in [-0.2, -0.15) is 0 Å². The summed E-state index contributed by atoms with van der Waals surface area (Å²) in [5.74, 6) is -2.62. The molecule has 1 amide bonds. The second-order valence-corrected chi connectivity index (χ2v) is 10.4. The number of thiazole rings is 1. The first-order valence-corrected chi connectivity index (χ1v) is 14.0. The highest BCUT2D eigenvalue weighted by atomic mass is 32.1. The number of aryl methyl sites for hydroxylation is 1. The van der Waals surface area contributed by atoms with E-state index in [1.54, 1.807) is 38.1 Å². The van der Waals surface area contributed by atoms with Crippen LogP contribution in [0.25, 0.3) is 5.76 Å². The molecule has 12 heteroatoms. The van der Waals surface area contributed by atoms with E-state index < -0.39 is 34.4 Å². The highest BCUT2D eigenvalue weighted by Gasteiger charge is 2.48. The quantitative estimate of drug-likeness (QED) is 0.0634. The molecule has 1 atom stereocenters. The van der Waals surface area contributed by atoms with Crippen LogP contribution in [0.4, 0.5) is 10.8 Å². The Balaban J connectivity index is 1.57. The zero-order valence-corrected chi connectivity index (χ0v) is 23.9. The van der Waals surface area contributed by atoms with Gasteiger partial charge in [0.2, 0.25) is 0 Å². The molecule has 0 aliphatic carbocycles. The smallest absolute Gasteiger partial charge is 0.350 e. The van der Waals surface area contributed by atoms with Gasteiger partial charge in [0.15, 0.2) is 5.13 Å². The zero-order chi connectivity index (χ0) is 30.7. The normalized spacial score (nSPS) is 15.9. The van der Waals surface area contributed by atoms with Crippen molar-refractivity contribution in [2.75, 3.05) is 11.5 Å². The summed E-state index contributed by atoms with van der Waals surface area (Å²) in [5, 5.41) is 23.0. The van der Waals surface area contributed by atoms with Crippen molar-refractivity contribution in [2.24, 2.45) is 0 Å². The van der Waals surface area contributed by atoms with Gasteiger partial charge in [0, 0.05) is 17.7 Å². The standard InChI is InChI=1S/C31H25N3O8S/c1-3-41-30(38)28-18(2)32-31(43-28)33-25(21-10-7-11-22(16-21)34(39)40)24(27(36)29(33)37)26(35)20-12-14-23(15-13-20)42-17-19-8-5-4-6-9-19/h4-16,25,35H,3,17H2,1-2H3/b26-24+. The highest BCUT2D eigenvalue weighted by molar-refractivity contribution is 7.17. The van der Waals surface area contributed by atoms with Crippen LogP contribution in [0.5, 0.6) is 5.75 Å². The van der Waals surface area contributed by atoms with Crippen molar-refractivity contribution in [3.05, 3.63) is 122 Å². The van der Waals surface area contributed by atoms with Crippen LogP contribution in [0.15, 0.2) is 84.4 Å². The highest BCUT2D eigenvalue weighted by Crippen LogP contribution is 2.44. The van der Waals surface area contributed by atoms with E-state index in [1.165, 1.54) is 24.3 Å². The monoisotopic (exact) mass is 599 g/mol. The lowest BCUT2D eigenvalue weighted by atomic mass is 9.95. The second kappa shape index (κ2) is 12.2. The number of ketones is 1. The lowest BCUT2D eigenvalue weighted by Crippen LogP contribution is -2.29. The predicted molar refractivity (Wildman–Crippen MR) is 158 cm³/mol. The lowest BCUT2D eigenvalue weighted by molar-refractivity contribution is -0.384. The molecule has 1 fully saturated rings. The molecule has 2 heterocycles. The van der Waals surface area contributed by atoms with Crippen LogP contribution in [0.2, 0.25) is 0 Å². The number of benzene rings is 3. The van der Waals surface area contributed by atoms with Gasteiger partial charge >= 0.3 is 11.9 Å². The van der Waals surface area contributed by atoms with Crippen LogP contribution in [0.1, 0.15) is 45.0 Å². The van der Waals surface area contributed by atoms with Gasteiger partial charge in [0.25, 0.3) is 11.5 Å². The van der Waals surface area contributed by atoms with Gasteiger partial charge in [-0.25, -0.2) is 9.78 Å². The van der Waals surface area contributed by atoms with E-state index in [4.69, 9.17) is 9.47 Å². The topological polar surface area (TPSA) is 149 Å². The van der Waals surface area contributed by atoms with Gasteiger partial charge in [-0.05, 0) is 49.2 Å². The molecular weight excluding hydrogens is 574 g/mol. The zero-order valence-electron chi connectivity index (χ0n) is 23.1. The van der Waals surface area contributed by atoms with E-state index in [9.17, 15) is 29.6 Å². The fourth-order valence-electron chi connectivity index (χ4n) is 4.63. The van der Waals surface area contributed by atoms with Crippen LogP contribution < -0.4 is 9.64 Å². The molecule has 3 aromatic carbocycles. The number of ether oxygens (including phenoxy) is 2. The maximum Gasteiger partial charge on any atom is 0.350 e. The Labute approximate surface area is 249 Å². The third kappa shape index (κ3) is 5.86. The number of aromatic nitrogens is 1. The van der Waals surface area contributed by atoms with Crippen molar-refractivity contribution >= 4 is 45.6 Å². The maximum atomic E-state index is 13.5. The summed E-state index contributed by atoms with van der Waals surface area (Å²) in [5.41, 5.74) is 1.12. The Morgan fingerprint density at radius 2 is 1.79 bits per heavy atom. The minimum atomic E-state index is -1.27. The lowest BCUT2D eigenvalue weighted by Gasteiger charge is -2.22. The Bertz CT molecular complexity index is 1750. The molecule has 218 valence electrons. The molecule has 11 nitrogen and oxygen atoms in total. The fourth-order valence-corrected chi connectivity index (χ4v) is 5.62. The van der Waals surface area contributed by atoms with E-state index in [1.807, 2.05) is 30.3 Å². The Morgan fingerprint density at radius 1 is 1.07 bits per heavy atom. The number of hydrogen-bond donors (Lipinski definition) is 1. The van der Waals surface area contributed by atoms with Gasteiger partial charge in [-0.3, -0.25) is 24.6 Å². The average molecular weight is 600 g/mol. The van der Waals surface area contributed by atoms with Crippen LogP contribution in [-0.4, -0.2) is 39.3 Å². The number of anilines is 1. The maximum absolute atomic E-state index is 13.5. The first kappa shape index (κ1) is 29.1. The molecule has 1 saturated heterocycles. The Morgan fingerprint density at radius 3 is 2.47 bits per heavy atom. The van der Waals surface area contributed by atoms with Crippen molar-refractivity contribution in [3.63, 3.8) is 0 Å². The molecule has 1 aliphatic rings. The number of nitro benzene ring substituents is 1. The van der Waals surface area contributed by atoms with E-state index in [-0.39, 0.29) is 44.7 Å². The molecule has 5 rings (SSSR count). The van der Waals surface area contributed by atoms with Gasteiger partial charge in [0.1, 0.15) is 23.0 Å². The summed E-state index contributed by atoms with van der Waals surface area (Å²) in [4.78, 5) is 55.9. The number of rotatable bonds is 9. The van der Waals surface area contributed by atoms with Gasteiger partial charge < -0.3 is 14.6 Å². The van der Waals surface area contributed by atoms with E-state index >= 15 is 0 Å². The van der Waals surface area contributed by atoms with E-state index in [0.29, 0.717) is 12.4 Å². The summed E-state index contributed by atoms with van der Waals surface area (Å²) < 4.78 is 10.9. The molecule has 1 aromatic heterocycles. The number of non-ortho nitro benzene ring substituents is 1. The summed E-state index contributed by atoms with van der Waals surface area (Å²) >= 11 is 0.847. The predicted octanol–water partition coefficient (Wildman–Crippen LogP) is 5.74. The van der Waals surface area contributed by atoms with Gasteiger partial charge in [-0.1, -0.05) is 53.8 Å². The van der Waals surface area contributed by atoms with Crippen LogP contribution >= 0.6 is 11.3 Å². The molecule has 43 heavy (non-hydrogen) atoms. The Kier molecular flexibility index (Phi) is 8.30. The molecule has 0 bridgehead atoms. The first-order valence-electron chi connectivity index (χ1n) is 13.2. The number of Topliss-reactive ketones (excluding diaryl/α,β-unsaturated/α-hetero) is 1.